The van der Waals surface area contributed by atoms with Gasteiger partial charge < -0.3 is 15.8 Å². The third-order valence-corrected chi connectivity index (χ3v) is 1.88. The minimum absolute atomic E-state index is 0.0761. The average molecular weight is 230 g/mol. The van der Waals surface area contributed by atoms with Crippen LogP contribution in [0.15, 0.2) is 12.1 Å². The summed E-state index contributed by atoms with van der Waals surface area (Å²) in [7, 11) is 1.44. The van der Waals surface area contributed by atoms with Crippen molar-refractivity contribution in [1.82, 2.24) is 0 Å². The quantitative estimate of drug-likeness (QED) is 0.771. The van der Waals surface area contributed by atoms with Crippen LogP contribution in [0.4, 0.5) is 20.2 Å². The van der Waals surface area contributed by atoms with Crippen molar-refractivity contribution in [1.29, 1.82) is 0 Å². The van der Waals surface area contributed by atoms with Gasteiger partial charge in [-0.05, 0) is 6.07 Å². The normalized spacial score (nSPS) is 10.2. The molecule has 0 unspecified atom stereocenters. The maximum atomic E-state index is 13.2. The van der Waals surface area contributed by atoms with Gasteiger partial charge in [0.1, 0.15) is 11.5 Å². The summed E-state index contributed by atoms with van der Waals surface area (Å²) in [6.45, 7) is 0.217. The van der Waals surface area contributed by atoms with Gasteiger partial charge in [-0.2, -0.15) is 0 Å². The molecule has 0 aliphatic rings. The van der Waals surface area contributed by atoms with Gasteiger partial charge in [0.05, 0.1) is 18.7 Å². The summed E-state index contributed by atoms with van der Waals surface area (Å²) in [5.74, 6) is -2.13. The summed E-state index contributed by atoms with van der Waals surface area (Å²) in [4.78, 5) is 11.3. The van der Waals surface area contributed by atoms with Crippen LogP contribution in [-0.4, -0.2) is 19.6 Å². The first-order valence-corrected chi connectivity index (χ1v) is 4.58. The van der Waals surface area contributed by atoms with E-state index < -0.39 is 17.5 Å². The number of hydrogen-bond acceptors (Lipinski definition) is 3. The van der Waals surface area contributed by atoms with E-state index in [0.29, 0.717) is 6.07 Å². The number of methoxy groups -OCH3 is 1. The van der Waals surface area contributed by atoms with Crippen molar-refractivity contribution < 1.29 is 18.3 Å². The fraction of sp³-hybridized carbons (Fsp3) is 0.300. The van der Waals surface area contributed by atoms with Gasteiger partial charge in [0.15, 0.2) is 5.82 Å². The number of ether oxygens (including phenoxy) is 1. The summed E-state index contributed by atoms with van der Waals surface area (Å²) >= 11 is 0. The van der Waals surface area contributed by atoms with Crippen LogP contribution in [0, 0.1) is 11.6 Å². The van der Waals surface area contributed by atoms with Crippen molar-refractivity contribution in [3.63, 3.8) is 0 Å². The predicted octanol–water partition coefficient (Wildman–Crippen LogP) is 1.52. The minimum atomic E-state index is -0.900. The Labute approximate surface area is 91.4 Å². The number of nitrogens with one attached hydrogen (secondary N) is 1. The Morgan fingerprint density at radius 2 is 2.19 bits per heavy atom. The van der Waals surface area contributed by atoms with Crippen LogP contribution in [0.5, 0.6) is 0 Å². The molecule has 0 spiro atoms. The molecule has 0 aliphatic carbocycles. The average Bonchev–Trinajstić information content (AvgIpc) is 2.20. The molecule has 0 saturated heterocycles. The molecular formula is C10H12F2N2O2. The van der Waals surface area contributed by atoms with E-state index in [9.17, 15) is 13.6 Å². The lowest BCUT2D eigenvalue weighted by atomic mass is 10.2. The SMILES string of the molecule is COCCC(=O)Nc1c(N)cc(F)cc1F. The summed E-state index contributed by atoms with van der Waals surface area (Å²) in [5.41, 5.74) is 5.02. The topological polar surface area (TPSA) is 64.3 Å². The molecule has 1 aromatic rings. The maximum absolute atomic E-state index is 13.2. The van der Waals surface area contributed by atoms with E-state index >= 15 is 0 Å². The van der Waals surface area contributed by atoms with Crippen LogP contribution < -0.4 is 11.1 Å². The zero-order chi connectivity index (χ0) is 12.1. The molecule has 0 heterocycles. The second kappa shape index (κ2) is 5.41. The Morgan fingerprint density at radius 1 is 1.50 bits per heavy atom. The van der Waals surface area contributed by atoms with Crippen molar-refractivity contribution in [2.24, 2.45) is 0 Å². The smallest absolute Gasteiger partial charge is 0.226 e. The van der Waals surface area contributed by atoms with E-state index in [4.69, 9.17) is 5.73 Å². The molecule has 88 valence electrons. The number of nitrogen functional groups attached to an aromatic ring is 1. The fourth-order valence-electron chi connectivity index (χ4n) is 1.12. The van der Waals surface area contributed by atoms with E-state index in [1.165, 1.54) is 7.11 Å². The molecule has 0 fully saturated rings. The number of carbonyl (C=O) groups excluding carboxylic acids is 1. The molecule has 0 aromatic heterocycles. The van der Waals surface area contributed by atoms with Crippen LogP contribution in [0.2, 0.25) is 0 Å². The maximum Gasteiger partial charge on any atom is 0.226 e. The summed E-state index contributed by atoms with van der Waals surface area (Å²) in [6, 6.07) is 1.59. The highest BCUT2D eigenvalue weighted by Gasteiger charge is 2.11. The Bertz CT molecular complexity index is 373. The van der Waals surface area contributed by atoms with Gasteiger partial charge in [-0.25, -0.2) is 8.78 Å². The molecule has 1 aromatic carbocycles. The molecule has 0 saturated carbocycles. The van der Waals surface area contributed by atoms with E-state index in [-0.39, 0.29) is 24.4 Å². The third kappa shape index (κ3) is 3.16. The summed E-state index contributed by atoms with van der Waals surface area (Å²) in [6.07, 6.45) is 0.0761. The van der Waals surface area contributed by atoms with Crippen LogP contribution >= 0.6 is 0 Å². The molecule has 0 atom stereocenters. The molecule has 4 nitrogen and oxygen atoms in total. The van der Waals surface area contributed by atoms with Crippen molar-refractivity contribution in [2.45, 2.75) is 6.42 Å². The highest BCUT2D eigenvalue weighted by molar-refractivity contribution is 5.94. The highest BCUT2D eigenvalue weighted by atomic mass is 19.1. The molecule has 0 bridgehead atoms. The molecule has 3 N–H and O–H groups in total. The molecular weight excluding hydrogens is 218 g/mol. The number of anilines is 2. The van der Waals surface area contributed by atoms with Gasteiger partial charge in [0.25, 0.3) is 0 Å². The van der Waals surface area contributed by atoms with Crippen molar-refractivity contribution in [3.8, 4) is 0 Å². The largest absolute Gasteiger partial charge is 0.397 e. The van der Waals surface area contributed by atoms with E-state index in [2.05, 4.69) is 10.1 Å². The van der Waals surface area contributed by atoms with Crippen LogP contribution in [0.1, 0.15) is 6.42 Å². The number of hydrogen-bond donors (Lipinski definition) is 2. The number of carbonyl (C=O) groups is 1. The minimum Gasteiger partial charge on any atom is -0.397 e. The number of nitrogens with two attached hydrogens (primary N) is 1. The molecule has 1 amide bonds. The zero-order valence-corrected chi connectivity index (χ0v) is 8.72. The highest BCUT2D eigenvalue weighted by Crippen LogP contribution is 2.23. The van der Waals surface area contributed by atoms with Gasteiger partial charge in [-0.15, -0.1) is 0 Å². The molecule has 16 heavy (non-hydrogen) atoms. The third-order valence-electron chi connectivity index (χ3n) is 1.88. The van der Waals surface area contributed by atoms with E-state index in [1.807, 2.05) is 0 Å². The van der Waals surface area contributed by atoms with Crippen LogP contribution in [-0.2, 0) is 9.53 Å². The number of rotatable bonds is 4. The van der Waals surface area contributed by atoms with Crippen LogP contribution in [0.3, 0.4) is 0 Å². The fourth-order valence-corrected chi connectivity index (χ4v) is 1.12. The Hall–Kier alpha value is -1.69. The predicted molar refractivity (Wildman–Crippen MR) is 55.9 cm³/mol. The van der Waals surface area contributed by atoms with Crippen molar-refractivity contribution in [3.05, 3.63) is 23.8 Å². The second-order valence-corrected chi connectivity index (χ2v) is 3.14. The lowest BCUT2D eigenvalue weighted by Gasteiger charge is -2.09. The molecule has 0 aliphatic heterocycles. The Kier molecular flexibility index (Phi) is 4.19. The Morgan fingerprint density at radius 3 is 2.75 bits per heavy atom. The van der Waals surface area contributed by atoms with Gasteiger partial charge in [0, 0.05) is 13.2 Å². The first-order chi connectivity index (χ1) is 7.54. The number of amides is 1. The van der Waals surface area contributed by atoms with Gasteiger partial charge in [0.2, 0.25) is 5.91 Å². The first-order valence-electron chi connectivity index (χ1n) is 4.58. The van der Waals surface area contributed by atoms with Crippen molar-refractivity contribution in [2.75, 3.05) is 24.8 Å². The van der Waals surface area contributed by atoms with E-state index in [0.717, 1.165) is 6.07 Å². The van der Waals surface area contributed by atoms with E-state index in [1.54, 1.807) is 0 Å². The summed E-state index contributed by atoms with van der Waals surface area (Å²) < 4.78 is 30.6. The van der Waals surface area contributed by atoms with Gasteiger partial charge in [-0.1, -0.05) is 0 Å². The van der Waals surface area contributed by atoms with Crippen molar-refractivity contribution >= 4 is 17.3 Å². The second-order valence-electron chi connectivity index (χ2n) is 3.14. The zero-order valence-electron chi connectivity index (χ0n) is 8.72. The Balaban J connectivity index is 2.77. The lowest BCUT2D eigenvalue weighted by molar-refractivity contribution is -0.117. The molecule has 0 radical (unpaired) electrons. The first kappa shape index (κ1) is 12.4. The number of halogens is 2. The monoisotopic (exact) mass is 230 g/mol. The van der Waals surface area contributed by atoms with Gasteiger partial charge in [-0.3, -0.25) is 4.79 Å². The standard InChI is InChI=1S/C10H12F2N2O2/c1-16-3-2-9(15)14-10-7(12)4-6(11)5-8(10)13/h4-5H,2-3,13H2,1H3,(H,14,15). The van der Waals surface area contributed by atoms with Crippen LogP contribution in [0.25, 0.3) is 0 Å². The van der Waals surface area contributed by atoms with Gasteiger partial charge >= 0.3 is 0 Å². The molecule has 6 heteroatoms. The summed E-state index contributed by atoms with van der Waals surface area (Å²) in [5, 5.41) is 2.25. The molecule has 1 rings (SSSR count). The number of benzene rings is 1. The lowest BCUT2D eigenvalue weighted by Crippen LogP contribution is -2.16.